The number of amides is 1. The SMILES string of the molecule is CNc1ncccc1C(=O)NCc1nc(C)no1. The molecule has 0 aliphatic heterocycles. The lowest BCUT2D eigenvalue weighted by molar-refractivity contribution is 0.0947. The fourth-order valence-electron chi connectivity index (χ4n) is 1.45. The summed E-state index contributed by atoms with van der Waals surface area (Å²) in [7, 11) is 1.71. The molecule has 0 spiro atoms. The van der Waals surface area contributed by atoms with Crippen LogP contribution in [0.1, 0.15) is 22.1 Å². The lowest BCUT2D eigenvalue weighted by atomic mass is 10.2. The highest BCUT2D eigenvalue weighted by Crippen LogP contribution is 2.10. The summed E-state index contributed by atoms with van der Waals surface area (Å²) in [5.41, 5.74) is 0.469. The Morgan fingerprint density at radius 2 is 2.33 bits per heavy atom. The van der Waals surface area contributed by atoms with Crippen LogP contribution in [-0.2, 0) is 6.54 Å². The number of aromatic nitrogens is 3. The van der Waals surface area contributed by atoms with Crippen LogP contribution in [0.3, 0.4) is 0 Å². The molecule has 94 valence electrons. The van der Waals surface area contributed by atoms with Crippen LogP contribution in [-0.4, -0.2) is 28.1 Å². The molecule has 0 bridgehead atoms. The molecule has 0 atom stereocenters. The van der Waals surface area contributed by atoms with E-state index in [2.05, 4.69) is 25.8 Å². The maximum absolute atomic E-state index is 11.9. The molecular weight excluding hydrogens is 234 g/mol. The monoisotopic (exact) mass is 247 g/mol. The quantitative estimate of drug-likeness (QED) is 0.828. The van der Waals surface area contributed by atoms with Crippen molar-refractivity contribution >= 4 is 11.7 Å². The van der Waals surface area contributed by atoms with E-state index < -0.39 is 0 Å². The van der Waals surface area contributed by atoms with Crippen molar-refractivity contribution in [2.24, 2.45) is 0 Å². The molecule has 0 aliphatic carbocycles. The number of hydrogen-bond acceptors (Lipinski definition) is 6. The van der Waals surface area contributed by atoms with Gasteiger partial charge in [-0.1, -0.05) is 5.16 Å². The van der Waals surface area contributed by atoms with Crippen LogP contribution in [0.25, 0.3) is 0 Å². The first-order valence-electron chi connectivity index (χ1n) is 5.41. The first-order chi connectivity index (χ1) is 8.70. The van der Waals surface area contributed by atoms with Crippen molar-refractivity contribution in [2.45, 2.75) is 13.5 Å². The molecule has 2 heterocycles. The number of pyridine rings is 1. The predicted octanol–water partition coefficient (Wildman–Crippen LogP) is 0.745. The minimum Gasteiger partial charge on any atom is -0.372 e. The number of hydrogen-bond donors (Lipinski definition) is 2. The third-order valence-electron chi connectivity index (χ3n) is 2.26. The molecule has 7 heteroatoms. The summed E-state index contributed by atoms with van der Waals surface area (Å²) < 4.78 is 4.90. The molecule has 2 aromatic heterocycles. The number of carbonyl (C=O) groups excluding carboxylic acids is 1. The Morgan fingerprint density at radius 1 is 1.50 bits per heavy atom. The standard InChI is InChI=1S/C11H13N5O2/c1-7-15-9(18-16-7)6-14-11(17)8-4-3-5-13-10(8)12-2/h3-5H,6H2,1-2H3,(H,12,13)(H,14,17). The van der Waals surface area contributed by atoms with E-state index >= 15 is 0 Å². The van der Waals surface area contributed by atoms with Crippen LogP contribution in [0.2, 0.25) is 0 Å². The van der Waals surface area contributed by atoms with E-state index in [0.717, 1.165) is 0 Å². The predicted molar refractivity (Wildman–Crippen MR) is 64.0 cm³/mol. The third kappa shape index (κ3) is 2.62. The van der Waals surface area contributed by atoms with Crippen LogP contribution >= 0.6 is 0 Å². The maximum Gasteiger partial charge on any atom is 0.255 e. The van der Waals surface area contributed by atoms with E-state index in [4.69, 9.17) is 4.52 Å². The second kappa shape index (κ2) is 5.26. The van der Waals surface area contributed by atoms with Gasteiger partial charge in [-0.05, 0) is 19.1 Å². The van der Waals surface area contributed by atoms with Crippen molar-refractivity contribution < 1.29 is 9.32 Å². The molecule has 1 amide bonds. The van der Waals surface area contributed by atoms with Gasteiger partial charge in [-0.3, -0.25) is 4.79 Å². The first-order valence-corrected chi connectivity index (χ1v) is 5.41. The topological polar surface area (TPSA) is 92.9 Å². The molecule has 18 heavy (non-hydrogen) atoms. The van der Waals surface area contributed by atoms with Gasteiger partial charge in [0.25, 0.3) is 5.91 Å². The van der Waals surface area contributed by atoms with E-state index in [1.807, 2.05) is 0 Å². The van der Waals surface area contributed by atoms with Crippen molar-refractivity contribution in [3.8, 4) is 0 Å². The minimum absolute atomic E-state index is 0.192. The molecule has 2 aromatic rings. The highest BCUT2D eigenvalue weighted by molar-refractivity contribution is 5.98. The van der Waals surface area contributed by atoms with Crippen molar-refractivity contribution in [3.63, 3.8) is 0 Å². The van der Waals surface area contributed by atoms with Gasteiger partial charge in [0, 0.05) is 13.2 Å². The van der Waals surface area contributed by atoms with Gasteiger partial charge >= 0.3 is 0 Å². The molecule has 2 rings (SSSR count). The van der Waals surface area contributed by atoms with Crippen LogP contribution in [0.4, 0.5) is 5.82 Å². The summed E-state index contributed by atoms with van der Waals surface area (Å²) in [6.07, 6.45) is 1.62. The van der Waals surface area contributed by atoms with Crippen molar-refractivity contribution in [1.29, 1.82) is 0 Å². The molecule has 7 nitrogen and oxygen atoms in total. The largest absolute Gasteiger partial charge is 0.372 e. The maximum atomic E-state index is 11.9. The Labute approximate surface area is 104 Å². The fourth-order valence-corrected chi connectivity index (χ4v) is 1.45. The Bertz CT molecular complexity index is 552. The lowest BCUT2D eigenvalue weighted by Gasteiger charge is -2.06. The number of nitrogens with one attached hydrogen (secondary N) is 2. The number of nitrogens with zero attached hydrogens (tertiary/aromatic N) is 3. The zero-order valence-corrected chi connectivity index (χ0v) is 10.1. The molecular formula is C11H13N5O2. The number of rotatable bonds is 4. The van der Waals surface area contributed by atoms with E-state index in [1.165, 1.54) is 0 Å². The zero-order chi connectivity index (χ0) is 13.0. The van der Waals surface area contributed by atoms with Crippen molar-refractivity contribution in [1.82, 2.24) is 20.4 Å². The van der Waals surface area contributed by atoms with Gasteiger partial charge in [0.2, 0.25) is 5.89 Å². The average molecular weight is 247 g/mol. The van der Waals surface area contributed by atoms with Gasteiger partial charge in [0.05, 0.1) is 12.1 Å². The van der Waals surface area contributed by atoms with E-state index in [-0.39, 0.29) is 12.5 Å². The molecule has 0 saturated heterocycles. The lowest BCUT2D eigenvalue weighted by Crippen LogP contribution is -2.24. The zero-order valence-electron chi connectivity index (χ0n) is 10.1. The van der Waals surface area contributed by atoms with Crippen LogP contribution in [0.15, 0.2) is 22.9 Å². The van der Waals surface area contributed by atoms with Crippen LogP contribution < -0.4 is 10.6 Å². The summed E-state index contributed by atoms with van der Waals surface area (Å²) in [5, 5.41) is 9.18. The fraction of sp³-hybridized carbons (Fsp3) is 0.273. The summed E-state index contributed by atoms with van der Waals surface area (Å²) in [4.78, 5) is 20.0. The Morgan fingerprint density at radius 3 is 3.00 bits per heavy atom. The molecule has 0 aliphatic rings. The van der Waals surface area contributed by atoms with Gasteiger partial charge < -0.3 is 15.2 Å². The molecule has 2 N–H and O–H groups in total. The van der Waals surface area contributed by atoms with Crippen LogP contribution in [0.5, 0.6) is 0 Å². The van der Waals surface area contributed by atoms with E-state index in [1.54, 1.807) is 32.3 Å². The highest BCUT2D eigenvalue weighted by atomic mass is 16.5. The molecule has 0 radical (unpaired) electrons. The van der Waals surface area contributed by atoms with Gasteiger partial charge in [0.15, 0.2) is 5.82 Å². The average Bonchev–Trinajstić information content (AvgIpc) is 2.81. The first kappa shape index (κ1) is 12.0. The van der Waals surface area contributed by atoms with Gasteiger partial charge in [-0.25, -0.2) is 4.98 Å². The Balaban J connectivity index is 2.03. The summed E-state index contributed by atoms with van der Waals surface area (Å²) in [6, 6.07) is 3.39. The van der Waals surface area contributed by atoms with Gasteiger partial charge in [-0.15, -0.1) is 0 Å². The number of anilines is 1. The smallest absolute Gasteiger partial charge is 0.255 e. The van der Waals surface area contributed by atoms with Crippen molar-refractivity contribution in [3.05, 3.63) is 35.6 Å². The van der Waals surface area contributed by atoms with Gasteiger partial charge in [-0.2, -0.15) is 4.98 Å². The van der Waals surface area contributed by atoms with Crippen LogP contribution in [0, 0.1) is 6.92 Å². The number of aryl methyl sites for hydroxylation is 1. The minimum atomic E-state index is -0.247. The normalized spacial score (nSPS) is 10.1. The summed E-state index contributed by atoms with van der Waals surface area (Å²) in [5.74, 6) is 1.19. The van der Waals surface area contributed by atoms with E-state index in [9.17, 15) is 4.79 Å². The summed E-state index contributed by atoms with van der Waals surface area (Å²) in [6.45, 7) is 1.91. The summed E-state index contributed by atoms with van der Waals surface area (Å²) >= 11 is 0. The van der Waals surface area contributed by atoms with E-state index in [0.29, 0.717) is 23.1 Å². The molecule has 0 unspecified atom stereocenters. The second-order valence-corrected chi connectivity index (χ2v) is 3.57. The molecule has 0 fully saturated rings. The van der Waals surface area contributed by atoms with Gasteiger partial charge in [0.1, 0.15) is 5.82 Å². The molecule has 0 saturated carbocycles. The second-order valence-electron chi connectivity index (χ2n) is 3.57. The Kier molecular flexibility index (Phi) is 3.52. The van der Waals surface area contributed by atoms with Crippen molar-refractivity contribution in [2.75, 3.05) is 12.4 Å². The Hall–Kier alpha value is -2.44. The number of carbonyl (C=O) groups is 1. The highest BCUT2D eigenvalue weighted by Gasteiger charge is 2.12. The third-order valence-corrected chi connectivity index (χ3v) is 2.26. The molecule has 0 aromatic carbocycles.